The number of nitrogens with zero attached hydrogens (tertiary/aromatic N) is 4. The molecule has 1 aromatic heterocycles. The van der Waals surface area contributed by atoms with E-state index in [2.05, 4.69) is 5.10 Å². The van der Waals surface area contributed by atoms with Crippen LogP contribution in [0.25, 0.3) is 0 Å². The summed E-state index contributed by atoms with van der Waals surface area (Å²) < 4.78 is 66.0. The van der Waals surface area contributed by atoms with Crippen LogP contribution >= 0.6 is 0 Å². The smallest absolute Gasteiger partial charge is 0.267 e. The fourth-order valence-corrected chi connectivity index (χ4v) is 4.01. The quantitative estimate of drug-likeness (QED) is 0.836. The van der Waals surface area contributed by atoms with E-state index in [0.29, 0.717) is 12.2 Å². The van der Waals surface area contributed by atoms with Crippen LogP contribution in [0.3, 0.4) is 0 Å². The minimum Gasteiger partial charge on any atom is -0.371 e. The van der Waals surface area contributed by atoms with E-state index < -0.39 is 28.8 Å². The molecule has 0 bridgehead atoms. The fraction of sp³-hybridized carbons (Fsp3) is 0.357. The molecule has 0 N–H and O–H groups in total. The summed E-state index contributed by atoms with van der Waals surface area (Å²) in [5.74, 6) is -0.558. The predicted molar refractivity (Wildman–Crippen MR) is 82.4 cm³/mol. The maximum atomic E-state index is 13.6. The standard InChI is InChI=1S/C14H15F3N4O2S/c1-19-4-5-21(13-6-10(15)2-3-12(13)19)24(22,23)11-7-18-20(8-11)9-14(16)17/h2-3,6-8,14H,4-5,9H2,1H3. The van der Waals surface area contributed by atoms with Gasteiger partial charge in [-0.25, -0.2) is 21.6 Å². The van der Waals surface area contributed by atoms with Gasteiger partial charge in [0, 0.05) is 25.9 Å². The molecule has 1 aliphatic heterocycles. The molecule has 0 fully saturated rings. The van der Waals surface area contributed by atoms with Gasteiger partial charge in [0.1, 0.15) is 17.3 Å². The third-order valence-electron chi connectivity index (χ3n) is 3.78. The second kappa shape index (κ2) is 6.00. The van der Waals surface area contributed by atoms with Gasteiger partial charge in [-0.1, -0.05) is 0 Å². The topological polar surface area (TPSA) is 58.4 Å². The summed E-state index contributed by atoms with van der Waals surface area (Å²) in [5.41, 5.74) is 0.788. The molecule has 1 aromatic carbocycles. The molecule has 10 heteroatoms. The maximum Gasteiger partial charge on any atom is 0.267 e. The lowest BCUT2D eigenvalue weighted by Gasteiger charge is -2.35. The number of hydrogen-bond donors (Lipinski definition) is 0. The SMILES string of the molecule is CN1CCN(S(=O)(=O)c2cnn(CC(F)F)c2)c2cc(F)ccc21. The summed E-state index contributed by atoms with van der Waals surface area (Å²) in [5, 5.41) is 3.65. The van der Waals surface area contributed by atoms with E-state index >= 15 is 0 Å². The zero-order chi connectivity index (χ0) is 17.5. The molecule has 130 valence electrons. The van der Waals surface area contributed by atoms with Crippen molar-refractivity contribution < 1.29 is 21.6 Å². The Bertz CT molecular complexity index is 853. The zero-order valence-electron chi connectivity index (χ0n) is 12.7. The van der Waals surface area contributed by atoms with Crippen LogP contribution in [0.15, 0.2) is 35.5 Å². The number of alkyl halides is 2. The molecule has 24 heavy (non-hydrogen) atoms. The van der Waals surface area contributed by atoms with Crippen molar-refractivity contribution in [1.29, 1.82) is 0 Å². The normalized spacial score (nSPS) is 15.0. The van der Waals surface area contributed by atoms with E-state index in [1.807, 2.05) is 4.90 Å². The first-order chi connectivity index (χ1) is 11.3. The Balaban J connectivity index is 2.00. The van der Waals surface area contributed by atoms with Crippen LogP contribution in [-0.2, 0) is 16.6 Å². The molecule has 0 amide bonds. The highest BCUT2D eigenvalue weighted by Crippen LogP contribution is 2.36. The Labute approximate surface area is 137 Å². The van der Waals surface area contributed by atoms with Gasteiger partial charge in [-0.15, -0.1) is 0 Å². The van der Waals surface area contributed by atoms with Crippen molar-refractivity contribution in [3.8, 4) is 0 Å². The number of hydrogen-bond acceptors (Lipinski definition) is 4. The van der Waals surface area contributed by atoms with Crippen LogP contribution < -0.4 is 9.21 Å². The lowest BCUT2D eigenvalue weighted by atomic mass is 10.2. The molecular weight excluding hydrogens is 345 g/mol. The number of aromatic nitrogens is 2. The van der Waals surface area contributed by atoms with E-state index in [1.54, 1.807) is 7.05 Å². The Morgan fingerprint density at radius 3 is 2.71 bits per heavy atom. The first-order valence-corrected chi connectivity index (χ1v) is 8.57. The fourth-order valence-electron chi connectivity index (χ4n) is 2.60. The first-order valence-electron chi connectivity index (χ1n) is 7.13. The van der Waals surface area contributed by atoms with Crippen LogP contribution in [-0.4, -0.2) is 44.8 Å². The van der Waals surface area contributed by atoms with Crippen molar-refractivity contribution in [2.45, 2.75) is 17.9 Å². The van der Waals surface area contributed by atoms with Gasteiger partial charge in [-0.2, -0.15) is 5.10 Å². The summed E-state index contributed by atoms with van der Waals surface area (Å²) >= 11 is 0. The number of anilines is 2. The zero-order valence-corrected chi connectivity index (χ0v) is 13.5. The number of sulfonamides is 1. The van der Waals surface area contributed by atoms with Crippen molar-refractivity contribution in [2.24, 2.45) is 0 Å². The van der Waals surface area contributed by atoms with Gasteiger partial charge in [0.15, 0.2) is 0 Å². The molecule has 0 spiro atoms. The van der Waals surface area contributed by atoms with E-state index in [9.17, 15) is 21.6 Å². The highest BCUT2D eigenvalue weighted by molar-refractivity contribution is 7.92. The largest absolute Gasteiger partial charge is 0.371 e. The summed E-state index contributed by atoms with van der Waals surface area (Å²) in [6.45, 7) is -0.151. The first kappa shape index (κ1) is 16.6. The molecule has 0 radical (unpaired) electrons. The molecule has 0 unspecified atom stereocenters. The Hall–Kier alpha value is -2.23. The molecule has 0 saturated heterocycles. The van der Waals surface area contributed by atoms with Gasteiger partial charge >= 0.3 is 0 Å². The minimum atomic E-state index is -4.02. The Morgan fingerprint density at radius 1 is 1.25 bits per heavy atom. The molecule has 6 nitrogen and oxygen atoms in total. The summed E-state index contributed by atoms with van der Waals surface area (Å²) in [4.78, 5) is 1.61. The highest BCUT2D eigenvalue weighted by Gasteiger charge is 2.32. The van der Waals surface area contributed by atoms with Crippen LogP contribution in [0.4, 0.5) is 24.5 Å². The summed E-state index contributed by atoms with van der Waals surface area (Å²) in [6.07, 6.45) is -0.563. The molecular formula is C14H15F3N4O2S. The molecule has 2 heterocycles. The predicted octanol–water partition coefficient (Wildman–Crippen LogP) is 1.93. The number of fused-ring (bicyclic) bond motifs is 1. The monoisotopic (exact) mass is 360 g/mol. The van der Waals surface area contributed by atoms with Gasteiger partial charge in [-0.05, 0) is 12.1 Å². The van der Waals surface area contributed by atoms with Crippen molar-refractivity contribution in [3.05, 3.63) is 36.4 Å². The van der Waals surface area contributed by atoms with Gasteiger partial charge < -0.3 is 4.90 Å². The molecule has 3 rings (SSSR count). The Morgan fingerprint density at radius 2 is 2.00 bits per heavy atom. The lowest BCUT2D eigenvalue weighted by molar-refractivity contribution is 0.121. The highest BCUT2D eigenvalue weighted by atomic mass is 32.2. The van der Waals surface area contributed by atoms with Gasteiger partial charge in [0.2, 0.25) is 0 Å². The second-order valence-electron chi connectivity index (χ2n) is 5.42. The van der Waals surface area contributed by atoms with E-state index in [1.165, 1.54) is 12.1 Å². The summed E-state index contributed by atoms with van der Waals surface area (Å²) in [6, 6.07) is 3.91. The minimum absolute atomic E-state index is 0.120. The molecule has 0 saturated carbocycles. The number of likely N-dealkylation sites (N-methyl/N-ethyl adjacent to an activating group) is 1. The van der Waals surface area contributed by atoms with Crippen LogP contribution in [0.2, 0.25) is 0 Å². The van der Waals surface area contributed by atoms with Crippen molar-refractivity contribution in [2.75, 3.05) is 29.3 Å². The average molecular weight is 360 g/mol. The molecule has 0 atom stereocenters. The van der Waals surface area contributed by atoms with E-state index in [0.717, 1.165) is 27.4 Å². The molecule has 1 aliphatic rings. The Kier molecular flexibility index (Phi) is 4.16. The third kappa shape index (κ3) is 2.93. The van der Waals surface area contributed by atoms with Crippen molar-refractivity contribution in [1.82, 2.24) is 9.78 Å². The third-order valence-corrected chi connectivity index (χ3v) is 5.54. The van der Waals surface area contributed by atoms with Gasteiger partial charge in [0.25, 0.3) is 16.4 Å². The number of rotatable bonds is 4. The van der Waals surface area contributed by atoms with Crippen LogP contribution in [0, 0.1) is 5.82 Å². The molecule has 0 aliphatic carbocycles. The van der Waals surface area contributed by atoms with E-state index in [4.69, 9.17) is 0 Å². The van der Waals surface area contributed by atoms with Gasteiger partial charge in [0.05, 0.1) is 24.1 Å². The van der Waals surface area contributed by atoms with Gasteiger partial charge in [-0.3, -0.25) is 8.99 Å². The van der Waals surface area contributed by atoms with Crippen LogP contribution in [0.1, 0.15) is 0 Å². The van der Waals surface area contributed by atoms with Crippen molar-refractivity contribution >= 4 is 21.4 Å². The second-order valence-corrected chi connectivity index (χ2v) is 7.28. The van der Waals surface area contributed by atoms with E-state index in [-0.39, 0.29) is 17.1 Å². The maximum absolute atomic E-state index is 13.6. The average Bonchev–Trinajstić information content (AvgIpc) is 2.95. The number of halogens is 3. The number of benzene rings is 1. The lowest BCUT2D eigenvalue weighted by Crippen LogP contribution is -2.42. The van der Waals surface area contributed by atoms with Crippen LogP contribution in [0.5, 0.6) is 0 Å². The van der Waals surface area contributed by atoms with Crippen molar-refractivity contribution in [3.63, 3.8) is 0 Å². The summed E-state index contributed by atoms with van der Waals surface area (Å²) in [7, 11) is -2.24. The molecule has 2 aromatic rings.